The molecule has 0 aromatic carbocycles. The van der Waals surface area contributed by atoms with Crippen molar-refractivity contribution in [2.45, 2.75) is 96.2 Å². The molecule has 7 atom stereocenters. The fourth-order valence-electron chi connectivity index (χ4n) is 5.73. The minimum Gasteiger partial charge on any atom is -0.432 e. The molecular weight excluding hydrogens is 320 g/mol. The maximum Gasteiger partial charge on any atom is 0.311 e. The van der Waals surface area contributed by atoms with Crippen molar-refractivity contribution in [3.8, 4) is 0 Å². The third kappa shape index (κ3) is 2.74. The zero-order chi connectivity index (χ0) is 17.7. The molecule has 4 heterocycles. The third-order valence-electron chi connectivity index (χ3n) is 7.16. The standard InChI is InChI=1S/C20H32O5/c1-4-5-6-7-8-14-16-10-9-13(2)15-11-12-19(3)23-18(22-17(14)21)20(15,16)25-24-19/h13-16,18H,4-12H2,1-3H3/t13-,14-,15+,16+,18-,19+,20-/m1/s1. The summed E-state index contributed by atoms with van der Waals surface area (Å²) in [5, 5.41) is 0. The molecule has 5 rings (SSSR count). The van der Waals surface area contributed by atoms with Crippen molar-refractivity contribution in [1.29, 1.82) is 0 Å². The largest absolute Gasteiger partial charge is 0.432 e. The van der Waals surface area contributed by atoms with Crippen LogP contribution in [0.15, 0.2) is 0 Å². The van der Waals surface area contributed by atoms with Crippen LogP contribution in [0.1, 0.15) is 78.6 Å². The zero-order valence-corrected chi connectivity index (χ0v) is 15.8. The Bertz CT molecular complexity index is 522. The van der Waals surface area contributed by atoms with Gasteiger partial charge in [0.05, 0.1) is 5.92 Å². The average molecular weight is 352 g/mol. The minimum atomic E-state index is -0.800. The maximum absolute atomic E-state index is 12.8. The maximum atomic E-state index is 12.8. The van der Waals surface area contributed by atoms with Crippen molar-refractivity contribution in [2.24, 2.45) is 23.7 Å². The van der Waals surface area contributed by atoms with Crippen LogP contribution in [-0.4, -0.2) is 23.6 Å². The highest BCUT2D eigenvalue weighted by atomic mass is 17.3. The van der Waals surface area contributed by atoms with Gasteiger partial charge in [-0.05, 0) is 38.5 Å². The predicted molar refractivity (Wildman–Crippen MR) is 91.1 cm³/mol. The molecule has 4 aliphatic heterocycles. The first-order valence-corrected chi connectivity index (χ1v) is 10.3. The highest BCUT2D eigenvalue weighted by Gasteiger charge is 2.70. The summed E-state index contributed by atoms with van der Waals surface area (Å²) in [5.74, 6) is 0.0223. The SMILES string of the molecule is CCCCCC[C@H]1C(=O)O[C@@H]2O[C@]3(C)CC[C@H]4[C@H](C)CC[C@@H]1[C@@]24OO3. The number of ether oxygens (including phenoxy) is 2. The molecule has 5 aliphatic rings. The van der Waals surface area contributed by atoms with Crippen molar-refractivity contribution in [1.82, 2.24) is 0 Å². The molecule has 1 saturated carbocycles. The molecule has 1 spiro atoms. The van der Waals surface area contributed by atoms with Crippen LogP contribution < -0.4 is 0 Å². The van der Waals surface area contributed by atoms with E-state index >= 15 is 0 Å². The van der Waals surface area contributed by atoms with Gasteiger partial charge in [0.1, 0.15) is 0 Å². The van der Waals surface area contributed by atoms with Gasteiger partial charge in [-0.2, -0.15) is 0 Å². The van der Waals surface area contributed by atoms with Crippen LogP contribution in [0.4, 0.5) is 0 Å². The summed E-state index contributed by atoms with van der Waals surface area (Å²) in [5.41, 5.74) is -0.614. The Morgan fingerprint density at radius 2 is 1.92 bits per heavy atom. The van der Waals surface area contributed by atoms with E-state index in [0.717, 1.165) is 38.5 Å². The van der Waals surface area contributed by atoms with Crippen LogP contribution >= 0.6 is 0 Å². The van der Waals surface area contributed by atoms with Gasteiger partial charge in [0.15, 0.2) is 5.60 Å². The van der Waals surface area contributed by atoms with Crippen LogP contribution in [-0.2, 0) is 24.0 Å². The van der Waals surface area contributed by atoms with Crippen LogP contribution in [0.3, 0.4) is 0 Å². The van der Waals surface area contributed by atoms with Crippen LogP contribution in [0, 0.1) is 23.7 Å². The Kier molecular flexibility index (Phi) is 4.62. The lowest BCUT2D eigenvalue weighted by Gasteiger charge is -2.58. The minimum absolute atomic E-state index is 0.0854. The Hall–Kier alpha value is -0.650. The van der Waals surface area contributed by atoms with E-state index in [0.29, 0.717) is 11.8 Å². The Morgan fingerprint density at radius 1 is 1.08 bits per heavy atom. The van der Waals surface area contributed by atoms with Crippen molar-refractivity contribution in [3.05, 3.63) is 0 Å². The van der Waals surface area contributed by atoms with Crippen molar-refractivity contribution in [3.63, 3.8) is 0 Å². The number of unbranched alkanes of at least 4 members (excludes halogenated alkanes) is 3. The molecule has 25 heavy (non-hydrogen) atoms. The van der Waals surface area contributed by atoms with Gasteiger partial charge >= 0.3 is 5.97 Å². The van der Waals surface area contributed by atoms with E-state index < -0.39 is 17.7 Å². The fourth-order valence-corrected chi connectivity index (χ4v) is 5.73. The van der Waals surface area contributed by atoms with Crippen LogP contribution in [0.2, 0.25) is 0 Å². The summed E-state index contributed by atoms with van der Waals surface area (Å²) in [4.78, 5) is 24.7. The van der Waals surface area contributed by atoms with E-state index in [2.05, 4.69) is 13.8 Å². The molecule has 1 aliphatic carbocycles. The third-order valence-corrected chi connectivity index (χ3v) is 7.16. The first kappa shape index (κ1) is 17.7. The second-order valence-corrected chi connectivity index (χ2v) is 8.80. The Balaban J connectivity index is 1.63. The van der Waals surface area contributed by atoms with E-state index in [9.17, 15) is 4.79 Å². The summed E-state index contributed by atoms with van der Waals surface area (Å²) >= 11 is 0. The van der Waals surface area contributed by atoms with E-state index in [-0.39, 0.29) is 17.8 Å². The molecule has 0 aromatic rings. The fraction of sp³-hybridized carbons (Fsp3) is 0.950. The predicted octanol–water partition coefficient (Wildman–Crippen LogP) is 4.35. The number of carbonyl (C=O) groups is 1. The highest BCUT2D eigenvalue weighted by Crippen LogP contribution is 2.60. The first-order chi connectivity index (χ1) is 12.0. The van der Waals surface area contributed by atoms with Gasteiger partial charge in [-0.15, -0.1) is 0 Å². The van der Waals surface area contributed by atoms with Gasteiger partial charge in [0, 0.05) is 18.3 Å². The topological polar surface area (TPSA) is 54.0 Å². The van der Waals surface area contributed by atoms with E-state index in [4.69, 9.17) is 19.2 Å². The van der Waals surface area contributed by atoms with Gasteiger partial charge in [0.25, 0.3) is 0 Å². The molecule has 0 radical (unpaired) electrons. The lowest BCUT2D eigenvalue weighted by Crippen LogP contribution is -2.70. The quantitative estimate of drug-likeness (QED) is 0.418. The van der Waals surface area contributed by atoms with Crippen molar-refractivity contribution >= 4 is 5.97 Å². The molecule has 5 nitrogen and oxygen atoms in total. The summed E-state index contributed by atoms with van der Waals surface area (Å²) < 4.78 is 12.0. The molecule has 2 bridgehead atoms. The second kappa shape index (κ2) is 6.50. The molecule has 5 heteroatoms. The number of hydrogen-bond acceptors (Lipinski definition) is 5. The van der Waals surface area contributed by atoms with Crippen molar-refractivity contribution in [2.75, 3.05) is 0 Å². The monoisotopic (exact) mass is 352 g/mol. The number of fused-ring (bicyclic) bond motifs is 2. The summed E-state index contributed by atoms with van der Waals surface area (Å²) in [6.07, 6.45) is 8.86. The highest BCUT2D eigenvalue weighted by molar-refractivity contribution is 5.74. The van der Waals surface area contributed by atoms with Gasteiger partial charge in [0.2, 0.25) is 12.1 Å². The summed E-state index contributed by atoms with van der Waals surface area (Å²) in [7, 11) is 0. The van der Waals surface area contributed by atoms with E-state index in [1.807, 2.05) is 6.92 Å². The van der Waals surface area contributed by atoms with Crippen LogP contribution in [0.25, 0.3) is 0 Å². The zero-order valence-electron chi connectivity index (χ0n) is 15.8. The molecule has 0 amide bonds. The molecule has 0 aromatic heterocycles. The van der Waals surface area contributed by atoms with Gasteiger partial charge in [-0.1, -0.05) is 39.5 Å². The average Bonchev–Trinajstić information content (AvgIpc) is 2.81. The summed E-state index contributed by atoms with van der Waals surface area (Å²) in [6, 6.07) is 0. The second-order valence-electron chi connectivity index (χ2n) is 8.80. The van der Waals surface area contributed by atoms with Gasteiger partial charge in [-0.25, -0.2) is 9.78 Å². The Morgan fingerprint density at radius 3 is 2.72 bits per heavy atom. The molecule has 0 N–H and O–H groups in total. The van der Waals surface area contributed by atoms with Crippen LogP contribution in [0.5, 0.6) is 0 Å². The number of hydrogen-bond donors (Lipinski definition) is 0. The normalized spacial score (nSPS) is 48.6. The molecule has 4 saturated heterocycles. The van der Waals surface area contributed by atoms with Gasteiger partial charge < -0.3 is 9.47 Å². The molecule has 142 valence electrons. The van der Waals surface area contributed by atoms with E-state index in [1.54, 1.807) is 0 Å². The number of rotatable bonds is 5. The lowest BCUT2D eigenvalue weighted by molar-refractivity contribution is -0.559. The number of esters is 1. The summed E-state index contributed by atoms with van der Waals surface area (Å²) in [6.45, 7) is 6.39. The molecule has 0 unspecified atom stereocenters. The lowest BCUT2D eigenvalue weighted by atomic mass is 9.57. The van der Waals surface area contributed by atoms with Crippen molar-refractivity contribution < 1.29 is 24.0 Å². The molecule has 5 fully saturated rings. The Labute approximate surface area is 150 Å². The number of carbonyl (C=O) groups excluding carboxylic acids is 1. The van der Waals surface area contributed by atoms with E-state index in [1.165, 1.54) is 19.3 Å². The first-order valence-electron chi connectivity index (χ1n) is 10.3. The molecular formula is C20H32O5. The van der Waals surface area contributed by atoms with Gasteiger partial charge in [-0.3, -0.25) is 4.79 Å². The smallest absolute Gasteiger partial charge is 0.311 e.